The Labute approximate surface area is 229 Å². The van der Waals surface area contributed by atoms with Gasteiger partial charge in [-0.15, -0.1) is 0 Å². The second-order valence-corrected chi connectivity index (χ2v) is 13.9. The third-order valence-corrected chi connectivity index (χ3v) is 9.26. The molecule has 1 aliphatic carbocycles. The number of nitrogens with zero attached hydrogens (tertiary/aromatic N) is 3. The summed E-state index contributed by atoms with van der Waals surface area (Å²) in [6.45, 7) is 8.87. The van der Waals surface area contributed by atoms with E-state index in [0.29, 0.717) is 48.9 Å². The first-order valence-corrected chi connectivity index (χ1v) is 14.9. The number of nitrogens with one attached hydrogen (secondary N) is 1. The van der Waals surface area contributed by atoms with Crippen LogP contribution >= 0.6 is 11.6 Å². The van der Waals surface area contributed by atoms with Gasteiger partial charge in [-0.05, 0) is 55.9 Å². The largest absolute Gasteiger partial charge is 0.475 e. The van der Waals surface area contributed by atoms with Crippen molar-refractivity contribution in [3.05, 3.63) is 41.4 Å². The van der Waals surface area contributed by atoms with Crippen molar-refractivity contribution in [1.29, 1.82) is 0 Å². The van der Waals surface area contributed by atoms with Gasteiger partial charge in [-0.1, -0.05) is 31.5 Å². The molecule has 3 fully saturated rings. The third-order valence-electron chi connectivity index (χ3n) is 7.79. The van der Waals surface area contributed by atoms with Crippen molar-refractivity contribution in [2.45, 2.75) is 69.1 Å². The number of hydrogen-bond acceptors (Lipinski definition) is 8. The number of anilines is 2. The molecule has 5 rings (SSSR count). The molecule has 0 bridgehead atoms. The number of amides is 1. The average molecular weight is 563 g/mol. The Balaban J connectivity index is 1.32. The highest BCUT2D eigenvalue weighted by atomic mass is 35.5. The maximum Gasteiger partial charge on any atom is 0.281 e. The molecular weight excluding hydrogens is 528 g/mol. The number of rotatable bonds is 7. The molecule has 3 heterocycles. The highest BCUT2D eigenvalue weighted by molar-refractivity contribution is 7.90. The second kappa shape index (κ2) is 9.57. The van der Waals surface area contributed by atoms with Crippen molar-refractivity contribution < 1.29 is 23.1 Å². The van der Waals surface area contributed by atoms with Gasteiger partial charge in [-0.25, -0.2) is 9.71 Å². The Kier molecular flexibility index (Phi) is 6.81. The smallest absolute Gasteiger partial charge is 0.281 e. The number of halogens is 1. The lowest BCUT2D eigenvalue weighted by Gasteiger charge is -2.39. The van der Waals surface area contributed by atoms with Crippen molar-refractivity contribution in [1.82, 2.24) is 9.71 Å². The second-order valence-electron chi connectivity index (χ2n) is 11.8. The number of aromatic nitrogens is 1. The summed E-state index contributed by atoms with van der Waals surface area (Å²) >= 11 is 6.28. The molecule has 1 saturated carbocycles. The molecule has 0 radical (unpaired) electrons. The summed E-state index contributed by atoms with van der Waals surface area (Å²) in [6, 6.07) is 10.00. The van der Waals surface area contributed by atoms with Gasteiger partial charge in [0, 0.05) is 50.1 Å². The molecule has 2 N–H and O–H groups in total. The van der Waals surface area contributed by atoms with Gasteiger partial charge < -0.3 is 19.6 Å². The van der Waals surface area contributed by atoms with Crippen molar-refractivity contribution in [3.63, 3.8) is 0 Å². The van der Waals surface area contributed by atoms with Crippen LogP contribution in [0, 0.1) is 5.41 Å². The fourth-order valence-corrected chi connectivity index (χ4v) is 6.19. The Morgan fingerprint density at radius 1 is 1.03 bits per heavy atom. The topological polar surface area (TPSA) is 112 Å². The van der Waals surface area contributed by atoms with Gasteiger partial charge in [0.25, 0.3) is 15.9 Å². The molecule has 3 aliphatic rings. The van der Waals surface area contributed by atoms with Crippen molar-refractivity contribution in [2.75, 3.05) is 36.0 Å². The molecule has 38 heavy (non-hydrogen) atoms. The van der Waals surface area contributed by atoms with Crippen LogP contribution in [0.3, 0.4) is 0 Å². The van der Waals surface area contributed by atoms with Crippen molar-refractivity contribution >= 4 is 39.0 Å². The third kappa shape index (κ3) is 5.72. The molecule has 1 atom stereocenters. The zero-order valence-electron chi connectivity index (χ0n) is 22.0. The molecule has 2 aliphatic heterocycles. The van der Waals surface area contributed by atoms with E-state index in [9.17, 15) is 18.3 Å². The van der Waals surface area contributed by atoms with Crippen molar-refractivity contribution in [3.8, 4) is 5.75 Å². The van der Waals surface area contributed by atoms with E-state index in [2.05, 4.69) is 28.5 Å². The number of aliphatic hydroxyl groups is 1. The summed E-state index contributed by atoms with van der Waals surface area (Å²) in [7, 11) is -4.24. The summed E-state index contributed by atoms with van der Waals surface area (Å²) in [5.74, 6) is 0.187. The number of carbonyl (C=O) groups is 1. The molecule has 11 heteroatoms. The number of pyridine rings is 1. The van der Waals surface area contributed by atoms with Gasteiger partial charge in [-0.2, -0.15) is 8.42 Å². The van der Waals surface area contributed by atoms with Crippen LogP contribution in [0.1, 0.15) is 52.9 Å². The number of sulfonamides is 1. The van der Waals surface area contributed by atoms with Gasteiger partial charge in [0.1, 0.15) is 11.6 Å². The fraction of sp³-hybridized carbons (Fsp3) is 0.556. The van der Waals surface area contributed by atoms with E-state index in [4.69, 9.17) is 16.3 Å². The summed E-state index contributed by atoms with van der Waals surface area (Å²) in [4.78, 5) is 21.6. The van der Waals surface area contributed by atoms with Crippen LogP contribution in [0.5, 0.6) is 5.75 Å². The number of β-amino-alcohol motifs (C(OH)–C–C–N with tert-alkyl or cyclic N) is 1. The fourth-order valence-electron chi connectivity index (χ4n) is 5.02. The highest BCUT2D eigenvalue weighted by Gasteiger charge is 2.54. The first-order valence-electron chi connectivity index (χ1n) is 13.0. The minimum absolute atomic E-state index is 0.259. The highest BCUT2D eigenvalue weighted by Crippen LogP contribution is 2.45. The van der Waals surface area contributed by atoms with E-state index in [1.165, 1.54) is 6.07 Å². The average Bonchev–Trinajstić information content (AvgIpc) is 3.54. The normalized spacial score (nSPS) is 24.2. The van der Waals surface area contributed by atoms with Crippen LogP contribution in [0.4, 0.5) is 11.5 Å². The van der Waals surface area contributed by atoms with Gasteiger partial charge >= 0.3 is 0 Å². The Morgan fingerprint density at radius 3 is 2.34 bits per heavy atom. The number of benzene rings is 1. The van der Waals surface area contributed by atoms with E-state index in [1.54, 1.807) is 31.2 Å². The van der Waals surface area contributed by atoms with Crippen LogP contribution in [-0.4, -0.2) is 61.8 Å². The monoisotopic (exact) mass is 562 g/mol. The van der Waals surface area contributed by atoms with Gasteiger partial charge in [0.05, 0.1) is 11.3 Å². The molecule has 1 aromatic carbocycles. The molecule has 206 valence electrons. The lowest BCUT2D eigenvalue weighted by molar-refractivity contribution is -0.127. The van der Waals surface area contributed by atoms with Crippen LogP contribution < -0.4 is 19.3 Å². The quantitative estimate of drug-likeness (QED) is 0.525. The first kappa shape index (κ1) is 27.0. The summed E-state index contributed by atoms with van der Waals surface area (Å²) in [5, 5.41) is 10.5. The molecular formula is C27H35ClN4O5S. The predicted octanol–water partition coefficient (Wildman–Crippen LogP) is 3.74. The molecule has 0 spiro atoms. The maximum absolute atomic E-state index is 13.3. The van der Waals surface area contributed by atoms with Crippen LogP contribution in [0.25, 0.3) is 0 Å². The van der Waals surface area contributed by atoms with Crippen LogP contribution in [0.15, 0.2) is 41.4 Å². The van der Waals surface area contributed by atoms with Crippen LogP contribution in [-0.2, 0) is 14.8 Å². The summed E-state index contributed by atoms with van der Waals surface area (Å²) in [5.41, 5.74) is -1.02. The zero-order chi connectivity index (χ0) is 27.3. The number of piperidine rings is 1. The summed E-state index contributed by atoms with van der Waals surface area (Å²) in [6.07, 6.45) is 3.40. The molecule has 2 aromatic rings. The SMILES string of the molecule is CC1(C)CCN(c2ccc(Cl)cc2OC2(C(=O)NS(=O)(=O)c3cccc(N4CCC(C)(O)C4)n3)CC2)CC1. The minimum Gasteiger partial charge on any atom is -0.475 e. The number of hydrogen-bond donors (Lipinski definition) is 2. The van der Waals surface area contributed by atoms with E-state index in [1.807, 2.05) is 11.0 Å². The number of carbonyl (C=O) groups excluding carboxylic acids is 1. The Bertz CT molecular complexity index is 1330. The minimum atomic E-state index is -4.24. The molecule has 1 aromatic heterocycles. The van der Waals surface area contributed by atoms with Crippen molar-refractivity contribution in [2.24, 2.45) is 5.41 Å². The van der Waals surface area contributed by atoms with Gasteiger partial charge in [0.15, 0.2) is 10.6 Å². The van der Waals surface area contributed by atoms with E-state index >= 15 is 0 Å². The Hall–Kier alpha value is -2.56. The molecule has 1 amide bonds. The van der Waals surface area contributed by atoms with E-state index in [0.717, 1.165) is 31.6 Å². The van der Waals surface area contributed by atoms with E-state index < -0.39 is 27.1 Å². The van der Waals surface area contributed by atoms with Crippen LogP contribution in [0.2, 0.25) is 5.02 Å². The Morgan fingerprint density at radius 2 is 1.71 bits per heavy atom. The first-order chi connectivity index (χ1) is 17.8. The lowest BCUT2D eigenvalue weighted by atomic mass is 9.82. The molecule has 9 nitrogen and oxygen atoms in total. The van der Waals surface area contributed by atoms with Gasteiger partial charge in [0.2, 0.25) is 0 Å². The summed E-state index contributed by atoms with van der Waals surface area (Å²) < 4.78 is 34.7. The lowest BCUT2D eigenvalue weighted by Crippen LogP contribution is -2.44. The van der Waals surface area contributed by atoms with Gasteiger partial charge in [-0.3, -0.25) is 4.79 Å². The standard InChI is InChI=1S/C27H35ClN4O5S/c1-25(2)11-14-31(15-12-25)20-8-7-19(28)17-21(20)37-27(9-10-27)24(33)30-38(35,36)23-6-4-5-22(29-23)32-16-13-26(3,34)18-32/h4-8,17,34H,9-16,18H2,1-3H3,(H,30,33). The number of ether oxygens (including phenoxy) is 1. The molecule has 2 saturated heterocycles. The van der Waals surface area contributed by atoms with E-state index in [-0.39, 0.29) is 10.4 Å². The zero-order valence-corrected chi connectivity index (χ0v) is 23.6. The molecule has 1 unspecified atom stereocenters. The maximum atomic E-state index is 13.3. The predicted molar refractivity (Wildman–Crippen MR) is 146 cm³/mol.